The fourth-order valence-electron chi connectivity index (χ4n) is 2.12. The van der Waals surface area contributed by atoms with Crippen LogP contribution in [0.2, 0.25) is 5.02 Å². The maximum atomic E-state index is 12.6. The predicted octanol–water partition coefficient (Wildman–Crippen LogP) is 2.08. The topological polar surface area (TPSA) is 94.5 Å². The first-order valence-corrected chi connectivity index (χ1v) is 9.27. The van der Waals surface area contributed by atoms with Crippen LogP contribution in [-0.4, -0.2) is 46.5 Å². The number of nitrogen functional groups attached to an aromatic ring is 1. The lowest BCUT2D eigenvalue weighted by Crippen LogP contribution is -2.33. The monoisotopic (exact) mass is 392 g/mol. The van der Waals surface area contributed by atoms with Crippen molar-refractivity contribution in [1.82, 2.24) is 15.1 Å². The van der Waals surface area contributed by atoms with Crippen molar-refractivity contribution in [3.8, 4) is 11.8 Å². The Balaban J connectivity index is 1.63. The van der Waals surface area contributed by atoms with E-state index in [9.17, 15) is 4.79 Å². The first kappa shape index (κ1) is 18.6. The van der Waals surface area contributed by atoms with Crippen molar-refractivity contribution < 1.29 is 13.9 Å². The van der Waals surface area contributed by atoms with Crippen LogP contribution in [0.5, 0.6) is 0 Å². The van der Waals surface area contributed by atoms with Gasteiger partial charge in [-0.15, -0.1) is 16.9 Å². The molecule has 0 saturated carbocycles. The van der Waals surface area contributed by atoms with Crippen LogP contribution in [-0.2, 0) is 16.1 Å². The van der Waals surface area contributed by atoms with E-state index in [1.54, 1.807) is 11.0 Å². The lowest BCUT2D eigenvalue weighted by Gasteiger charge is -2.21. The summed E-state index contributed by atoms with van der Waals surface area (Å²) in [6.07, 6.45) is 0. The largest absolute Gasteiger partial charge is 0.406 e. The van der Waals surface area contributed by atoms with E-state index < -0.39 is 0 Å². The van der Waals surface area contributed by atoms with Gasteiger partial charge >= 0.3 is 6.01 Å². The van der Waals surface area contributed by atoms with E-state index in [4.69, 9.17) is 26.5 Å². The van der Waals surface area contributed by atoms with Gasteiger partial charge in [-0.2, -0.15) is 0 Å². The molecule has 0 bridgehead atoms. The normalized spacial score (nSPS) is 13.6. The fraction of sp³-hybridized carbons (Fsp3) is 0.353. The highest BCUT2D eigenvalue weighted by molar-refractivity contribution is 8.00. The molecule has 2 aromatic rings. The van der Waals surface area contributed by atoms with Crippen molar-refractivity contribution in [3.05, 3.63) is 35.2 Å². The van der Waals surface area contributed by atoms with Gasteiger partial charge in [-0.05, 0) is 12.1 Å². The molecule has 9 heteroatoms. The zero-order valence-electron chi connectivity index (χ0n) is 13.9. The molecule has 7 nitrogen and oxygen atoms in total. The second-order valence-electron chi connectivity index (χ2n) is 5.56. The van der Waals surface area contributed by atoms with Gasteiger partial charge in [0.1, 0.15) is 6.54 Å². The number of aromatic nitrogens is 2. The van der Waals surface area contributed by atoms with Gasteiger partial charge in [0, 0.05) is 4.90 Å². The van der Waals surface area contributed by atoms with E-state index in [1.807, 2.05) is 18.2 Å². The van der Waals surface area contributed by atoms with Crippen LogP contribution in [0, 0.1) is 17.8 Å². The molecule has 1 aliphatic rings. The van der Waals surface area contributed by atoms with Crippen molar-refractivity contribution in [2.24, 2.45) is 5.92 Å². The van der Waals surface area contributed by atoms with Crippen molar-refractivity contribution >= 4 is 35.3 Å². The standard InChI is InChI=1S/C17H17ClN4O3S/c18-13-5-1-2-6-14(13)26-11-16(23)22(7-3-4-12-9-24-10-12)8-15-20-21-17(19)25-15/h1-2,5-6,12H,7-11H2,(H2,19,21). The van der Waals surface area contributed by atoms with Crippen molar-refractivity contribution in [3.63, 3.8) is 0 Å². The number of thioether (sulfide) groups is 1. The molecule has 0 aliphatic carbocycles. The number of amides is 1. The summed E-state index contributed by atoms with van der Waals surface area (Å²) in [5.41, 5.74) is 5.44. The number of benzene rings is 1. The van der Waals surface area contributed by atoms with E-state index in [0.717, 1.165) is 4.90 Å². The molecule has 1 aliphatic heterocycles. The zero-order valence-corrected chi connectivity index (χ0v) is 15.4. The fourth-order valence-corrected chi connectivity index (χ4v) is 3.26. The number of hydrogen-bond acceptors (Lipinski definition) is 7. The van der Waals surface area contributed by atoms with Crippen LogP contribution in [0.3, 0.4) is 0 Å². The second kappa shape index (κ2) is 8.94. The number of ether oxygens (including phenoxy) is 1. The van der Waals surface area contributed by atoms with Crippen molar-refractivity contribution in [1.29, 1.82) is 0 Å². The minimum absolute atomic E-state index is 0.0319. The molecule has 136 valence electrons. The Morgan fingerprint density at radius 3 is 2.85 bits per heavy atom. The number of carbonyl (C=O) groups is 1. The Bertz CT molecular complexity index is 829. The van der Waals surface area contributed by atoms with E-state index in [0.29, 0.717) is 18.2 Å². The maximum absolute atomic E-state index is 12.6. The van der Waals surface area contributed by atoms with Crippen LogP contribution in [0.25, 0.3) is 0 Å². The molecule has 1 fully saturated rings. The molecule has 1 aromatic heterocycles. The number of anilines is 1. The minimum atomic E-state index is -0.106. The molecule has 1 aromatic carbocycles. The first-order valence-electron chi connectivity index (χ1n) is 7.91. The highest BCUT2D eigenvalue weighted by Crippen LogP contribution is 2.26. The Morgan fingerprint density at radius 2 is 2.19 bits per heavy atom. The van der Waals surface area contributed by atoms with Gasteiger partial charge in [0.05, 0.1) is 36.5 Å². The van der Waals surface area contributed by atoms with E-state index in [-0.39, 0.29) is 42.6 Å². The van der Waals surface area contributed by atoms with Crippen molar-refractivity contribution in [2.75, 3.05) is 31.2 Å². The molecule has 2 N–H and O–H groups in total. The van der Waals surface area contributed by atoms with Gasteiger partial charge in [-0.25, -0.2) is 0 Å². The van der Waals surface area contributed by atoms with E-state index >= 15 is 0 Å². The lowest BCUT2D eigenvalue weighted by atomic mass is 10.1. The summed E-state index contributed by atoms with van der Waals surface area (Å²) in [5.74, 6) is 6.74. The Morgan fingerprint density at radius 1 is 1.38 bits per heavy atom. The van der Waals surface area contributed by atoms with Crippen LogP contribution in [0.15, 0.2) is 33.6 Å². The summed E-state index contributed by atoms with van der Waals surface area (Å²) < 4.78 is 10.3. The molecule has 1 saturated heterocycles. The third-order valence-electron chi connectivity index (χ3n) is 3.56. The van der Waals surface area contributed by atoms with Gasteiger partial charge in [0.2, 0.25) is 11.8 Å². The van der Waals surface area contributed by atoms with Crippen molar-refractivity contribution in [2.45, 2.75) is 11.4 Å². The number of halogens is 1. The highest BCUT2D eigenvalue weighted by atomic mass is 35.5. The average Bonchev–Trinajstić information content (AvgIpc) is 3.00. The summed E-state index contributed by atoms with van der Waals surface area (Å²) in [7, 11) is 0. The molecule has 1 amide bonds. The zero-order chi connectivity index (χ0) is 18.4. The van der Waals surface area contributed by atoms with Crippen LogP contribution in [0.1, 0.15) is 5.89 Å². The van der Waals surface area contributed by atoms with E-state index in [2.05, 4.69) is 22.0 Å². The van der Waals surface area contributed by atoms with Gasteiger partial charge in [-0.3, -0.25) is 4.79 Å². The molecule has 0 atom stereocenters. The van der Waals surface area contributed by atoms with Crippen LogP contribution in [0.4, 0.5) is 6.01 Å². The molecule has 0 unspecified atom stereocenters. The number of nitrogens with zero attached hydrogens (tertiary/aromatic N) is 3. The Kier molecular flexibility index (Phi) is 6.39. The smallest absolute Gasteiger partial charge is 0.312 e. The summed E-state index contributed by atoms with van der Waals surface area (Å²) in [4.78, 5) is 15.1. The molecule has 26 heavy (non-hydrogen) atoms. The quantitative estimate of drug-likeness (QED) is 0.594. The van der Waals surface area contributed by atoms with E-state index in [1.165, 1.54) is 11.8 Å². The molecule has 0 spiro atoms. The molecule has 2 heterocycles. The lowest BCUT2D eigenvalue weighted by molar-refractivity contribution is -0.128. The summed E-state index contributed by atoms with van der Waals surface area (Å²) >= 11 is 7.51. The molecule has 0 radical (unpaired) electrons. The third kappa shape index (κ3) is 5.14. The number of hydrogen-bond donors (Lipinski definition) is 1. The molecule has 3 rings (SSSR count). The maximum Gasteiger partial charge on any atom is 0.312 e. The summed E-state index contributed by atoms with van der Waals surface area (Å²) in [5, 5.41) is 8.04. The first-order chi connectivity index (χ1) is 12.6. The van der Waals surface area contributed by atoms with Gasteiger partial charge in [0.25, 0.3) is 0 Å². The van der Waals surface area contributed by atoms with Gasteiger partial charge in [-0.1, -0.05) is 40.7 Å². The SMILES string of the molecule is Nc1nnc(CN(CC#CC2COC2)C(=O)CSc2ccccc2Cl)o1. The average molecular weight is 393 g/mol. The molecular weight excluding hydrogens is 376 g/mol. The summed E-state index contributed by atoms with van der Waals surface area (Å²) in [6.45, 7) is 1.70. The predicted molar refractivity (Wildman–Crippen MR) is 98.4 cm³/mol. The molecular formula is C17H17ClN4O3S. The third-order valence-corrected chi connectivity index (χ3v) is 5.06. The minimum Gasteiger partial charge on any atom is -0.406 e. The Hall–Kier alpha value is -2.21. The highest BCUT2D eigenvalue weighted by Gasteiger charge is 2.18. The van der Waals surface area contributed by atoms with Gasteiger partial charge < -0.3 is 19.8 Å². The Labute approximate surface area is 160 Å². The van der Waals surface area contributed by atoms with Crippen LogP contribution < -0.4 is 5.73 Å². The van der Waals surface area contributed by atoms with Gasteiger partial charge in [0.15, 0.2) is 0 Å². The van der Waals surface area contributed by atoms with Crippen LogP contribution >= 0.6 is 23.4 Å². The second-order valence-corrected chi connectivity index (χ2v) is 6.98. The summed E-state index contributed by atoms with van der Waals surface area (Å²) in [6, 6.07) is 7.36. The number of nitrogens with two attached hydrogens (primary N) is 1. The number of rotatable bonds is 6. The number of carbonyl (C=O) groups excluding carboxylic acids is 1.